The predicted molar refractivity (Wildman–Crippen MR) is 40.8 cm³/mol. The lowest BCUT2D eigenvalue weighted by Crippen LogP contribution is -2.24. The molecular formula is C8H13NO2. The maximum atomic E-state index is 10.7. The number of carbonyl (C=O) groups is 2. The summed E-state index contributed by atoms with van der Waals surface area (Å²) in [6.45, 7) is 0. The zero-order valence-electron chi connectivity index (χ0n) is 6.51. The summed E-state index contributed by atoms with van der Waals surface area (Å²) in [5.74, 6) is -0.528. The summed E-state index contributed by atoms with van der Waals surface area (Å²) >= 11 is 0. The highest BCUT2D eigenvalue weighted by atomic mass is 16.2. The fourth-order valence-electron chi connectivity index (χ4n) is 1.24. The highest BCUT2D eigenvalue weighted by molar-refractivity contribution is 6.35. The van der Waals surface area contributed by atoms with Gasteiger partial charge in [0.15, 0.2) is 0 Å². The van der Waals surface area contributed by atoms with Crippen molar-refractivity contribution in [1.29, 1.82) is 0 Å². The van der Waals surface area contributed by atoms with Crippen molar-refractivity contribution in [2.24, 2.45) is 11.7 Å². The Morgan fingerprint density at radius 2 is 2.00 bits per heavy atom. The molecule has 1 rings (SSSR count). The Morgan fingerprint density at radius 1 is 1.36 bits per heavy atom. The van der Waals surface area contributed by atoms with E-state index in [9.17, 15) is 9.59 Å². The van der Waals surface area contributed by atoms with Crippen LogP contribution < -0.4 is 5.73 Å². The number of carbonyl (C=O) groups excluding carboxylic acids is 2. The molecule has 0 aromatic rings. The van der Waals surface area contributed by atoms with E-state index in [0.717, 1.165) is 6.42 Å². The van der Waals surface area contributed by atoms with E-state index in [0.29, 0.717) is 12.3 Å². The van der Waals surface area contributed by atoms with Gasteiger partial charge in [0.25, 0.3) is 5.91 Å². The van der Waals surface area contributed by atoms with Crippen molar-refractivity contribution in [1.82, 2.24) is 0 Å². The molecular weight excluding hydrogens is 142 g/mol. The second-order valence-corrected chi connectivity index (χ2v) is 3.12. The maximum Gasteiger partial charge on any atom is 0.284 e. The minimum atomic E-state index is -0.788. The Bertz CT molecular complexity index is 173. The van der Waals surface area contributed by atoms with Crippen LogP contribution in [0.4, 0.5) is 0 Å². The van der Waals surface area contributed by atoms with E-state index in [1.165, 1.54) is 19.3 Å². The second kappa shape index (κ2) is 3.51. The summed E-state index contributed by atoms with van der Waals surface area (Å²) < 4.78 is 0. The van der Waals surface area contributed by atoms with Crippen molar-refractivity contribution in [2.75, 3.05) is 0 Å². The van der Waals surface area contributed by atoms with Gasteiger partial charge in [-0.3, -0.25) is 9.59 Å². The minimum Gasteiger partial charge on any atom is -0.363 e. The van der Waals surface area contributed by atoms with Crippen LogP contribution in [-0.4, -0.2) is 11.7 Å². The number of rotatable bonds is 4. The molecule has 0 radical (unpaired) electrons. The van der Waals surface area contributed by atoms with Crippen LogP contribution in [0.5, 0.6) is 0 Å². The SMILES string of the molecule is NC(=O)C(=O)CCC1CCC1. The minimum absolute atomic E-state index is 0.347. The lowest BCUT2D eigenvalue weighted by Gasteiger charge is -2.24. The fraction of sp³-hybridized carbons (Fsp3) is 0.750. The molecule has 0 aromatic carbocycles. The molecule has 3 nitrogen and oxygen atoms in total. The molecule has 1 saturated carbocycles. The van der Waals surface area contributed by atoms with E-state index in [4.69, 9.17) is 5.73 Å². The van der Waals surface area contributed by atoms with Gasteiger partial charge >= 0.3 is 0 Å². The first-order chi connectivity index (χ1) is 5.20. The van der Waals surface area contributed by atoms with E-state index < -0.39 is 11.7 Å². The number of primary amides is 1. The zero-order chi connectivity index (χ0) is 8.27. The third kappa shape index (κ3) is 2.33. The summed E-state index contributed by atoms with van der Waals surface area (Å²) in [7, 11) is 0. The van der Waals surface area contributed by atoms with E-state index in [-0.39, 0.29) is 0 Å². The molecule has 62 valence electrons. The molecule has 0 saturated heterocycles. The van der Waals surface area contributed by atoms with E-state index in [1.807, 2.05) is 0 Å². The molecule has 1 amide bonds. The van der Waals surface area contributed by atoms with Crippen LogP contribution in [-0.2, 0) is 9.59 Å². The molecule has 11 heavy (non-hydrogen) atoms. The van der Waals surface area contributed by atoms with Gasteiger partial charge in [0.2, 0.25) is 5.78 Å². The monoisotopic (exact) mass is 155 g/mol. The van der Waals surface area contributed by atoms with Gasteiger partial charge in [-0.05, 0) is 12.3 Å². The molecule has 1 fully saturated rings. The molecule has 0 spiro atoms. The van der Waals surface area contributed by atoms with E-state index >= 15 is 0 Å². The van der Waals surface area contributed by atoms with Gasteiger partial charge in [-0.15, -0.1) is 0 Å². The Hall–Kier alpha value is -0.860. The third-order valence-corrected chi connectivity index (χ3v) is 2.28. The van der Waals surface area contributed by atoms with E-state index in [1.54, 1.807) is 0 Å². The summed E-state index contributed by atoms with van der Waals surface area (Å²) in [4.78, 5) is 21.0. The Balaban J connectivity index is 2.10. The Kier molecular flexibility index (Phi) is 2.63. The second-order valence-electron chi connectivity index (χ2n) is 3.12. The molecule has 0 heterocycles. The number of Topliss-reactive ketones (excluding diaryl/α,β-unsaturated/α-hetero) is 1. The van der Waals surface area contributed by atoms with Gasteiger partial charge in [-0.25, -0.2) is 0 Å². The van der Waals surface area contributed by atoms with Crippen molar-refractivity contribution in [3.8, 4) is 0 Å². The molecule has 0 aliphatic heterocycles. The van der Waals surface area contributed by atoms with Gasteiger partial charge in [0.1, 0.15) is 0 Å². The van der Waals surface area contributed by atoms with Gasteiger partial charge in [0, 0.05) is 6.42 Å². The standard InChI is InChI=1S/C8H13NO2/c9-8(11)7(10)5-4-6-2-1-3-6/h6H,1-5H2,(H2,9,11). The van der Waals surface area contributed by atoms with Crippen LogP contribution in [0.2, 0.25) is 0 Å². The van der Waals surface area contributed by atoms with Gasteiger partial charge < -0.3 is 5.73 Å². The highest BCUT2D eigenvalue weighted by Gasteiger charge is 2.19. The van der Waals surface area contributed by atoms with Crippen LogP contribution in [0.15, 0.2) is 0 Å². The Labute approximate surface area is 66.0 Å². The average Bonchev–Trinajstić information content (AvgIpc) is 1.83. The fourth-order valence-corrected chi connectivity index (χ4v) is 1.24. The largest absolute Gasteiger partial charge is 0.363 e. The van der Waals surface area contributed by atoms with Crippen molar-refractivity contribution in [3.63, 3.8) is 0 Å². The lowest BCUT2D eigenvalue weighted by molar-refractivity contribution is -0.136. The first kappa shape index (κ1) is 8.24. The van der Waals surface area contributed by atoms with Crippen molar-refractivity contribution >= 4 is 11.7 Å². The molecule has 2 N–H and O–H groups in total. The number of ketones is 1. The van der Waals surface area contributed by atoms with Crippen LogP contribution in [0.25, 0.3) is 0 Å². The van der Waals surface area contributed by atoms with Crippen molar-refractivity contribution < 1.29 is 9.59 Å². The summed E-state index contributed by atoms with van der Waals surface area (Å²) in [5.41, 5.74) is 4.79. The van der Waals surface area contributed by atoms with Gasteiger partial charge in [-0.1, -0.05) is 19.3 Å². The number of hydrogen-bond donors (Lipinski definition) is 1. The molecule has 1 aliphatic carbocycles. The van der Waals surface area contributed by atoms with E-state index in [2.05, 4.69) is 0 Å². The molecule has 0 aromatic heterocycles. The molecule has 1 aliphatic rings. The Morgan fingerprint density at radius 3 is 2.36 bits per heavy atom. The first-order valence-corrected chi connectivity index (χ1v) is 4.03. The summed E-state index contributed by atoms with van der Waals surface area (Å²) in [5, 5.41) is 0. The number of hydrogen-bond acceptors (Lipinski definition) is 2. The highest BCUT2D eigenvalue weighted by Crippen LogP contribution is 2.30. The van der Waals surface area contributed by atoms with Crippen molar-refractivity contribution in [2.45, 2.75) is 32.1 Å². The normalized spacial score (nSPS) is 17.5. The first-order valence-electron chi connectivity index (χ1n) is 4.03. The molecule has 0 atom stereocenters. The zero-order valence-corrected chi connectivity index (χ0v) is 6.51. The average molecular weight is 155 g/mol. The summed E-state index contributed by atoms with van der Waals surface area (Å²) in [6, 6.07) is 0. The number of nitrogens with two attached hydrogens (primary N) is 1. The van der Waals surface area contributed by atoms with Gasteiger partial charge in [-0.2, -0.15) is 0 Å². The molecule has 0 bridgehead atoms. The molecule has 3 heteroatoms. The van der Waals surface area contributed by atoms with Gasteiger partial charge in [0.05, 0.1) is 0 Å². The predicted octanol–water partition coefficient (Wildman–Crippen LogP) is 0.621. The third-order valence-electron chi connectivity index (χ3n) is 2.28. The van der Waals surface area contributed by atoms with Crippen LogP contribution in [0.3, 0.4) is 0 Å². The quantitative estimate of drug-likeness (QED) is 0.605. The lowest BCUT2D eigenvalue weighted by atomic mass is 9.82. The smallest absolute Gasteiger partial charge is 0.284 e. The molecule has 0 unspecified atom stereocenters. The van der Waals surface area contributed by atoms with Crippen LogP contribution in [0.1, 0.15) is 32.1 Å². The topological polar surface area (TPSA) is 60.2 Å². The number of amides is 1. The maximum absolute atomic E-state index is 10.7. The van der Waals surface area contributed by atoms with Crippen LogP contribution >= 0.6 is 0 Å². The van der Waals surface area contributed by atoms with Crippen LogP contribution in [0, 0.1) is 5.92 Å². The summed E-state index contributed by atoms with van der Waals surface area (Å²) in [6.07, 6.45) is 4.90. The van der Waals surface area contributed by atoms with Crippen molar-refractivity contribution in [3.05, 3.63) is 0 Å².